The first kappa shape index (κ1) is 22.8. The van der Waals surface area contributed by atoms with Gasteiger partial charge in [-0.3, -0.25) is 9.78 Å². The molecule has 2 heterocycles. The molecule has 158 valence electrons. The highest BCUT2D eigenvalue weighted by atomic mass is 32.2. The van der Waals surface area contributed by atoms with Crippen molar-refractivity contribution in [3.63, 3.8) is 0 Å². The van der Waals surface area contributed by atoms with Crippen LogP contribution in [-0.4, -0.2) is 48.5 Å². The minimum absolute atomic E-state index is 0.00764. The molecule has 6 nitrogen and oxygen atoms in total. The maximum Gasteiger partial charge on any atom is 0.223 e. The van der Waals surface area contributed by atoms with Gasteiger partial charge in [-0.05, 0) is 51.2 Å². The van der Waals surface area contributed by atoms with Gasteiger partial charge in [-0.15, -0.1) is 0 Å². The van der Waals surface area contributed by atoms with E-state index in [1.807, 2.05) is 45.9 Å². The van der Waals surface area contributed by atoms with Crippen LogP contribution in [0.5, 0.6) is 0 Å². The van der Waals surface area contributed by atoms with Crippen LogP contribution in [0.1, 0.15) is 65.5 Å². The van der Waals surface area contributed by atoms with Gasteiger partial charge in [0.1, 0.15) is 0 Å². The van der Waals surface area contributed by atoms with Crippen molar-refractivity contribution in [2.45, 2.75) is 71.3 Å². The van der Waals surface area contributed by atoms with Crippen LogP contribution >= 0.6 is 0 Å². The molecular weight excluding hydrogens is 374 g/mol. The number of amides is 1. The summed E-state index contributed by atoms with van der Waals surface area (Å²) in [6, 6.07) is 5.72. The number of aromatic nitrogens is 1. The molecule has 1 amide bonds. The third-order valence-electron chi connectivity index (χ3n) is 6.19. The first-order valence-electron chi connectivity index (χ1n) is 10.5. The number of hydrogen-bond donors (Lipinski definition) is 1. The summed E-state index contributed by atoms with van der Waals surface area (Å²) >= 11 is 0. The lowest BCUT2D eigenvalue weighted by Gasteiger charge is -2.45. The molecule has 1 aliphatic rings. The van der Waals surface area contributed by atoms with Crippen LogP contribution in [0.2, 0.25) is 0 Å². The predicted octanol–water partition coefficient (Wildman–Crippen LogP) is 3.10. The molecule has 1 N–H and O–H groups in total. The lowest BCUT2D eigenvalue weighted by molar-refractivity contribution is -0.126. The van der Waals surface area contributed by atoms with Crippen molar-refractivity contribution in [1.82, 2.24) is 14.6 Å². The first-order valence-corrected chi connectivity index (χ1v) is 12.1. The van der Waals surface area contributed by atoms with Crippen LogP contribution in [0.25, 0.3) is 0 Å². The zero-order valence-electron chi connectivity index (χ0n) is 17.6. The third-order valence-corrected chi connectivity index (χ3v) is 8.27. The molecule has 0 aromatic carbocycles. The Bertz CT molecular complexity index is 725. The summed E-state index contributed by atoms with van der Waals surface area (Å²) in [7, 11) is -3.21. The molecule has 1 atom stereocenters. The molecule has 1 aromatic rings. The molecule has 28 heavy (non-hydrogen) atoms. The lowest BCUT2D eigenvalue weighted by atomic mass is 9.70. The monoisotopic (exact) mass is 409 g/mol. The molecule has 0 saturated carbocycles. The highest BCUT2D eigenvalue weighted by Crippen LogP contribution is 2.38. The van der Waals surface area contributed by atoms with Crippen molar-refractivity contribution >= 4 is 15.9 Å². The van der Waals surface area contributed by atoms with E-state index in [4.69, 9.17) is 0 Å². The Labute approximate surface area is 170 Å². The predicted molar refractivity (Wildman–Crippen MR) is 112 cm³/mol. The van der Waals surface area contributed by atoms with Gasteiger partial charge >= 0.3 is 0 Å². The average molecular weight is 410 g/mol. The van der Waals surface area contributed by atoms with Gasteiger partial charge in [0.15, 0.2) is 0 Å². The summed E-state index contributed by atoms with van der Waals surface area (Å²) in [6.07, 6.45) is 5.32. The van der Waals surface area contributed by atoms with E-state index < -0.39 is 10.0 Å². The summed E-state index contributed by atoms with van der Waals surface area (Å²) in [5, 5.41) is 3.22. The maximum absolute atomic E-state index is 12.7. The van der Waals surface area contributed by atoms with Gasteiger partial charge in [0, 0.05) is 42.4 Å². The quantitative estimate of drug-likeness (QED) is 0.680. The summed E-state index contributed by atoms with van der Waals surface area (Å²) in [5.74, 6) is 0.270. The third kappa shape index (κ3) is 4.92. The number of hydrogen-bond acceptors (Lipinski definition) is 4. The molecule has 1 aromatic heterocycles. The molecule has 0 bridgehead atoms. The van der Waals surface area contributed by atoms with Crippen LogP contribution in [0.3, 0.4) is 0 Å². The fourth-order valence-corrected chi connectivity index (χ4v) is 5.76. The van der Waals surface area contributed by atoms with Gasteiger partial charge in [0.2, 0.25) is 15.9 Å². The van der Waals surface area contributed by atoms with Crippen molar-refractivity contribution in [3.8, 4) is 0 Å². The molecule has 0 aliphatic carbocycles. The van der Waals surface area contributed by atoms with E-state index in [1.165, 1.54) is 0 Å². The van der Waals surface area contributed by atoms with E-state index in [0.29, 0.717) is 32.4 Å². The van der Waals surface area contributed by atoms with Crippen LogP contribution in [0.15, 0.2) is 24.4 Å². The normalized spacial score (nSPS) is 18.8. The van der Waals surface area contributed by atoms with E-state index in [1.54, 1.807) is 10.5 Å². The van der Waals surface area contributed by atoms with E-state index >= 15 is 0 Å². The van der Waals surface area contributed by atoms with Crippen molar-refractivity contribution < 1.29 is 13.2 Å². The van der Waals surface area contributed by atoms with Crippen LogP contribution < -0.4 is 5.32 Å². The molecule has 1 saturated heterocycles. The molecule has 0 unspecified atom stereocenters. The van der Waals surface area contributed by atoms with Gasteiger partial charge in [-0.25, -0.2) is 12.7 Å². The van der Waals surface area contributed by atoms with Gasteiger partial charge in [0.05, 0.1) is 5.75 Å². The summed E-state index contributed by atoms with van der Waals surface area (Å²) in [5.41, 5.74) is 0.571. The zero-order valence-corrected chi connectivity index (χ0v) is 18.5. The fraction of sp³-hybridized carbons (Fsp3) is 0.714. The highest BCUT2D eigenvalue weighted by molar-refractivity contribution is 7.89. The Morgan fingerprint density at radius 3 is 2.36 bits per heavy atom. The topological polar surface area (TPSA) is 79.4 Å². The molecular formula is C21H35N3O3S. The van der Waals surface area contributed by atoms with Crippen molar-refractivity contribution in [2.24, 2.45) is 5.92 Å². The molecule has 2 rings (SSSR count). The fourth-order valence-electron chi connectivity index (χ4n) is 4.25. The molecule has 1 fully saturated rings. The molecule has 0 spiro atoms. The molecule has 1 aliphatic heterocycles. The Kier molecular flexibility index (Phi) is 8.01. The number of pyridine rings is 1. The van der Waals surface area contributed by atoms with Crippen molar-refractivity contribution in [2.75, 3.05) is 18.8 Å². The summed E-state index contributed by atoms with van der Waals surface area (Å²) < 4.78 is 26.6. The van der Waals surface area contributed by atoms with E-state index in [0.717, 1.165) is 18.5 Å². The number of nitrogens with one attached hydrogen (secondary N) is 1. The summed E-state index contributed by atoms with van der Waals surface area (Å²) in [6.45, 7) is 8.91. The second-order valence-corrected chi connectivity index (χ2v) is 9.92. The van der Waals surface area contributed by atoms with Crippen LogP contribution in [0.4, 0.5) is 0 Å². The molecule has 0 radical (unpaired) electrons. The smallest absolute Gasteiger partial charge is 0.223 e. The van der Waals surface area contributed by atoms with Gasteiger partial charge in [-0.2, -0.15) is 0 Å². The lowest BCUT2D eigenvalue weighted by Crippen LogP contribution is -2.56. The Morgan fingerprint density at radius 1 is 1.21 bits per heavy atom. The summed E-state index contributed by atoms with van der Waals surface area (Å²) in [4.78, 5) is 17.3. The van der Waals surface area contributed by atoms with Crippen molar-refractivity contribution in [1.29, 1.82) is 0 Å². The SMILES string of the molecule is CCCS(=O)(=O)N1CCC(c2ccccn2)([C@H](C)NC(=O)C(CC)CC)CC1. The Hall–Kier alpha value is -1.47. The first-order chi connectivity index (χ1) is 13.3. The Morgan fingerprint density at radius 2 is 1.86 bits per heavy atom. The van der Waals surface area contributed by atoms with Crippen molar-refractivity contribution in [3.05, 3.63) is 30.1 Å². The number of sulfonamides is 1. The number of nitrogens with zero attached hydrogens (tertiary/aromatic N) is 2. The standard InChI is InChI=1S/C21H35N3O3S/c1-5-16-28(26,27)24-14-11-21(12-15-24,19-10-8-9-13-22-19)17(4)23-20(25)18(6-2)7-3/h8-10,13,17-18H,5-7,11-12,14-16H2,1-4H3,(H,23,25)/t17-/m0/s1. The number of rotatable bonds is 9. The van der Waals surface area contributed by atoms with Gasteiger partial charge in [0.25, 0.3) is 0 Å². The number of carbonyl (C=O) groups is 1. The minimum Gasteiger partial charge on any atom is -0.352 e. The van der Waals surface area contributed by atoms with Gasteiger partial charge in [-0.1, -0.05) is 26.8 Å². The van der Waals surface area contributed by atoms with E-state index in [9.17, 15) is 13.2 Å². The highest BCUT2D eigenvalue weighted by Gasteiger charge is 2.44. The number of piperidine rings is 1. The largest absolute Gasteiger partial charge is 0.352 e. The maximum atomic E-state index is 12.7. The zero-order chi connectivity index (χ0) is 20.8. The number of carbonyl (C=O) groups excluding carboxylic acids is 1. The van der Waals surface area contributed by atoms with Crippen LogP contribution in [-0.2, 0) is 20.2 Å². The van der Waals surface area contributed by atoms with E-state index in [2.05, 4.69) is 10.3 Å². The second kappa shape index (κ2) is 9.83. The Balaban J connectivity index is 2.25. The van der Waals surface area contributed by atoms with Crippen LogP contribution in [0, 0.1) is 5.92 Å². The average Bonchev–Trinajstić information content (AvgIpc) is 2.69. The molecule has 7 heteroatoms. The minimum atomic E-state index is -3.21. The van der Waals surface area contributed by atoms with Gasteiger partial charge < -0.3 is 5.32 Å². The van der Waals surface area contributed by atoms with E-state index in [-0.39, 0.29) is 29.0 Å². The second-order valence-electron chi connectivity index (χ2n) is 7.83.